The molecule has 1 N–H and O–H groups in total. The van der Waals surface area contributed by atoms with Gasteiger partial charge in [-0.2, -0.15) is 5.26 Å². The minimum atomic E-state index is -0.733. The smallest absolute Gasteiger partial charge is 0.265 e. The summed E-state index contributed by atoms with van der Waals surface area (Å²) in [6.07, 6.45) is 2.59. The van der Waals surface area contributed by atoms with E-state index in [1.165, 1.54) is 0 Å². The van der Waals surface area contributed by atoms with Crippen LogP contribution >= 0.6 is 0 Å². The van der Waals surface area contributed by atoms with Crippen LogP contribution in [0.15, 0.2) is 48.5 Å². The Bertz CT molecular complexity index is 840. The van der Waals surface area contributed by atoms with Gasteiger partial charge in [-0.05, 0) is 56.5 Å². The van der Waals surface area contributed by atoms with E-state index >= 15 is 0 Å². The number of nitrogens with one attached hydrogen (secondary N) is 1. The molecule has 3 rings (SSSR count). The van der Waals surface area contributed by atoms with E-state index in [1.807, 2.05) is 18.2 Å². The molecule has 6 heteroatoms. The van der Waals surface area contributed by atoms with Crippen molar-refractivity contribution in [2.75, 3.05) is 18.5 Å². The molecule has 0 saturated carbocycles. The van der Waals surface area contributed by atoms with Crippen LogP contribution in [0, 0.1) is 11.3 Å². The molecule has 2 aromatic carbocycles. The fraction of sp³-hybridized carbons (Fsp3) is 0.364. The predicted molar refractivity (Wildman–Crippen MR) is 105 cm³/mol. The average Bonchev–Trinajstić information content (AvgIpc) is 2.74. The van der Waals surface area contributed by atoms with Gasteiger partial charge in [-0.15, -0.1) is 0 Å². The number of rotatable bonds is 7. The first-order chi connectivity index (χ1) is 13.7. The summed E-state index contributed by atoms with van der Waals surface area (Å²) in [5.41, 5.74) is 1.07. The van der Waals surface area contributed by atoms with Gasteiger partial charge in [0.2, 0.25) is 0 Å². The van der Waals surface area contributed by atoms with Crippen LogP contribution in [0.4, 0.5) is 5.69 Å². The number of hydrogen-bond donors (Lipinski definition) is 1. The average molecular weight is 380 g/mol. The minimum Gasteiger partial charge on any atom is -0.489 e. The zero-order chi connectivity index (χ0) is 19.8. The molecular weight excluding hydrogens is 356 g/mol. The van der Waals surface area contributed by atoms with Gasteiger partial charge in [0.1, 0.15) is 18.1 Å². The van der Waals surface area contributed by atoms with Crippen LogP contribution in [0.3, 0.4) is 0 Å². The number of carbonyl (C=O) groups is 1. The van der Waals surface area contributed by atoms with Crippen LogP contribution < -0.4 is 14.8 Å². The number of hydrogen-bond acceptors (Lipinski definition) is 5. The van der Waals surface area contributed by atoms with Crippen molar-refractivity contribution in [2.24, 2.45) is 0 Å². The van der Waals surface area contributed by atoms with Gasteiger partial charge in [-0.1, -0.05) is 18.2 Å². The van der Waals surface area contributed by atoms with E-state index in [0.29, 0.717) is 29.4 Å². The third-order valence-corrected chi connectivity index (χ3v) is 4.49. The van der Waals surface area contributed by atoms with E-state index in [9.17, 15) is 4.79 Å². The van der Waals surface area contributed by atoms with Gasteiger partial charge in [0.15, 0.2) is 6.10 Å². The molecular formula is C22H24N2O4. The molecule has 1 fully saturated rings. The second-order valence-electron chi connectivity index (χ2n) is 6.68. The third kappa shape index (κ3) is 5.48. The Hall–Kier alpha value is -3.04. The molecule has 1 aliphatic rings. The monoisotopic (exact) mass is 380 g/mol. The molecule has 0 bridgehead atoms. The molecule has 1 aliphatic heterocycles. The van der Waals surface area contributed by atoms with Crippen molar-refractivity contribution in [1.29, 1.82) is 5.26 Å². The van der Waals surface area contributed by atoms with Crippen LogP contribution in [0.5, 0.6) is 11.5 Å². The summed E-state index contributed by atoms with van der Waals surface area (Å²) in [6, 6.07) is 16.1. The van der Waals surface area contributed by atoms with Crippen molar-refractivity contribution in [1.82, 2.24) is 0 Å². The maximum absolute atomic E-state index is 12.5. The van der Waals surface area contributed by atoms with Crippen LogP contribution in [-0.4, -0.2) is 31.3 Å². The number of amides is 1. The Kier molecular flexibility index (Phi) is 6.88. The lowest BCUT2D eigenvalue weighted by Gasteiger charge is -2.23. The van der Waals surface area contributed by atoms with Crippen molar-refractivity contribution in [3.63, 3.8) is 0 Å². The van der Waals surface area contributed by atoms with E-state index in [0.717, 1.165) is 25.9 Å². The second-order valence-corrected chi connectivity index (χ2v) is 6.68. The zero-order valence-electron chi connectivity index (χ0n) is 15.9. The quantitative estimate of drug-likeness (QED) is 0.788. The summed E-state index contributed by atoms with van der Waals surface area (Å²) in [7, 11) is 0. The lowest BCUT2D eigenvalue weighted by Crippen LogP contribution is -2.30. The normalized spacial score (nSPS) is 17.2. The molecule has 2 unspecified atom stereocenters. The van der Waals surface area contributed by atoms with Crippen molar-refractivity contribution in [2.45, 2.75) is 38.4 Å². The summed E-state index contributed by atoms with van der Waals surface area (Å²) in [6.45, 7) is 2.89. The van der Waals surface area contributed by atoms with Crippen LogP contribution in [0.2, 0.25) is 0 Å². The van der Waals surface area contributed by atoms with Crippen LogP contribution in [0.25, 0.3) is 0 Å². The summed E-state index contributed by atoms with van der Waals surface area (Å²) in [5, 5.41) is 11.8. The topological polar surface area (TPSA) is 80.6 Å². The Morgan fingerprint density at radius 1 is 1.29 bits per heavy atom. The Labute approximate surface area is 165 Å². The van der Waals surface area contributed by atoms with Gasteiger partial charge in [0.25, 0.3) is 5.91 Å². The number of nitriles is 1. The van der Waals surface area contributed by atoms with Gasteiger partial charge in [0, 0.05) is 6.61 Å². The molecule has 1 saturated heterocycles. The van der Waals surface area contributed by atoms with E-state index in [1.54, 1.807) is 37.3 Å². The van der Waals surface area contributed by atoms with Crippen LogP contribution in [0.1, 0.15) is 31.7 Å². The lowest BCUT2D eigenvalue weighted by molar-refractivity contribution is -0.122. The summed E-state index contributed by atoms with van der Waals surface area (Å²) >= 11 is 0. The number of anilines is 1. The van der Waals surface area contributed by atoms with E-state index in [4.69, 9.17) is 19.5 Å². The first-order valence-corrected chi connectivity index (χ1v) is 9.47. The summed E-state index contributed by atoms with van der Waals surface area (Å²) in [5.74, 6) is 0.775. The first-order valence-electron chi connectivity index (χ1n) is 9.47. The van der Waals surface area contributed by atoms with Crippen molar-refractivity contribution >= 4 is 11.6 Å². The molecule has 2 atom stereocenters. The molecule has 0 aliphatic carbocycles. The minimum absolute atomic E-state index is 0.0900. The predicted octanol–water partition coefficient (Wildman–Crippen LogP) is 3.91. The van der Waals surface area contributed by atoms with Gasteiger partial charge >= 0.3 is 0 Å². The fourth-order valence-electron chi connectivity index (χ4n) is 2.95. The highest BCUT2D eigenvalue weighted by molar-refractivity contribution is 5.95. The molecule has 28 heavy (non-hydrogen) atoms. The highest BCUT2D eigenvalue weighted by Gasteiger charge is 2.18. The molecule has 146 valence electrons. The van der Waals surface area contributed by atoms with Gasteiger partial charge in [-0.25, -0.2) is 0 Å². The Morgan fingerprint density at radius 2 is 2.14 bits per heavy atom. The van der Waals surface area contributed by atoms with E-state index < -0.39 is 6.10 Å². The molecule has 1 amide bonds. The molecule has 0 spiro atoms. The number of para-hydroxylation sites is 2. The standard InChI is InChI=1S/C22H24N2O4/c1-16(28-18-9-6-7-17(13-18)14-23)22(25)24-20-10-2-3-11-21(20)27-15-19-8-4-5-12-26-19/h2-3,6-7,9-11,13,16,19H,4-5,8,12,15H2,1H3,(H,24,25). The SMILES string of the molecule is CC(Oc1cccc(C#N)c1)C(=O)Nc1ccccc1OCC1CCCCO1. The number of carbonyl (C=O) groups excluding carboxylic acids is 1. The van der Waals surface area contributed by atoms with Gasteiger partial charge < -0.3 is 19.5 Å². The van der Waals surface area contributed by atoms with Crippen molar-refractivity contribution in [3.8, 4) is 17.6 Å². The highest BCUT2D eigenvalue weighted by Crippen LogP contribution is 2.25. The van der Waals surface area contributed by atoms with Crippen LogP contribution in [-0.2, 0) is 9.53 Å². The summed E-state index contributed by atoms with van der Waals surface area (Å²) in [4.78, 5) is 12.5. The summed E-state index contributed by atoms with van der Waals surface area (Å²) < 4.78 is 17.2. The van der Waals surface area contributed by atoms with Gasteiger partial charge in [-0.3, -0.25) is 4.79 Å². The number of ether oxygens (including phenoxy) is 3. The molecule has 6 nitrogen and oxygen atoms in total. The maximum atomic E-state index is 12.5. The molecule has 1 heterocycles. The van der Waals surface area contributed by atoms with Crippen molar-refractivity contribution < 1.29 is 19.0 Å². The van der Waals surface area contributed by atoms with Gasteiger partial charge in [0.05, 0.1) is 23.4 Å². The van der Waals surface area contributed by atoms with Crippen molar-refractivity contribution in [3.05, 3.63) is 54.1 Å². The number of benzene rings is 2. The third-order valence-electron chi connectivity index (χ3n) is 4.49. The maximum Gasteiger partial charge on any atom is 0.265 e. The highest BCUT2D eigenvalue weighted by atomic mass is 16.5. The Balaban J connectivity index is 1.59. The largest absolute Gasteiger partial charge is 0.489 e. The second kappa shape index (κ2) is 9.77. The zero-order valence-corrected chi connectivity index (χ0v) is 15.9. The Morgan fingerprint density at radius 3 is 2.93 bits per heavy atom. The number of nitrogens with zero attached hydrogens (tertiary/aromatic N) is 1. The fourth-order valence-corrected chi connectivity index (χ4v) is 2.95. The van der Waals surface area contributed by atoms with E-state index in [2.05, 4.69) is 11.4 Å². The molecule has 0 radical (unpaired) electrons. The first kappa shape index (κ1) is 19.7. The molecule has 0 aromatic heterocycles. The molecule has 2 aromatic rings. The van der Waals surface area contributed by atoms with E-state index in [-0.39, 0.29) is 12.0 Å². The lowest BCUT2D eigenvalue weighted by atomic mass is 10.1.